The van der Waals surface area contributed by atoms with E-state index in [1.807, 2.05) is 41.1 Å². The molecule has 3 rings (SSSR count). The molecule has 1 heterocycles. The van der Waals surface area contributed by atoms with E-state index in [0.29, 0.717) is 11.7 Å². The maximum atomic E-state index is 5.94. The molecular weight excluding hydrogens is 270 g/mol. The topological polar surface area (TPSA) is 43.8 Å². The van der Waals surface area contributed by atoms with Crippen LogP contribution in [0, 0.1) is 5.92 Å². The first-order valence-electron chi connectivity index (χ1n) is 7.64. The summed E-state index contributed by atoms with van der Waals surface area (Å²) in [5.74, 6) is 1.17. The van der Waals surface area contributed by atoms with Crippen LogP contribution in [-0.4, -0.2) is 9.78 Å². The predicted molar refractivity (Wildman–Crippen MR) is 92.0 cm³/mol. The van der Waals surface area contributed by atoms with E-state index < -0.39 is 0 Å². The molecule has 0 bridgehead atoms. The van der Waals surface area contributed by atoms with Crippen molar-refractivity contribution >= 4 is 5.82 Å². The van der Waals surface area contributed by atoms with Crippen LogP contribution in [0.1, 0.15) is 19.4 Å². The maximum Gasteiger partial charge on any atom is 0.146 e. The second-order valence-electron chi connectivity index (χ2n) is 6.00. The Hall–Kier alpha value is -2.55. The number of nitrogens with two attached hydrogens (primary N) is 1. The van der Waals surface area contributed by atoms with Gasteiger partial charge in [0.2, 0.25) is 0 Å². The molecule has 0 aliphatic heterocycles. The normalized spacial score (nSPS) is 11.0. The van der Waals surface area contributed by atoms with Gasteiger partial charge in [-0.15, -0.1) is 0 Å². The summed E-state index contributed by atoms with van der Waals surface area (Å²) in [5.41, 5.74) is 10.5. The van der Waals surface area contributed by atoms with E-state index in [9.17, 15) is 0 Å². The first-order valence-corrected chi connectivity index (χ1v) is 7.64. The lowest BCUT2D eigenvalue weighted by Crippen LogP contribution is -2.00. The van der Waals surface area contributed by atoms with E-state index in [1.54, 1.807) is 0 Å². The minimum atomic E-state index is 0.535. The maximum absolute atomic E-state index is 5.94. The van der Waals surface area contributed by atoms with Gasteiger partial charge in [0, 0.05) is 11.6 Å². The molecule has 0 spiro atoms. The highest BCUT2D eigenvalue weighted by molar-refractivity contribution is 5.66. The summed E-state index contributed by atoms with van der Waals surface area (Å²) >= 11 is 0. The Bertz CT molecular complexity index is 757. The molecule has 3 heteroatoms. The number of anilines is 1. The Kier molecular flexibility index (Phi) is 3.96. The first kappa shape index (κ1) is 14.4. The number of rotatable bonds is 4. The summed E-state index contributed by atoms with van der Waals surface area (Å²) < 4.78 is 1.91. The lowest BCUT2D eigenvalue weighted by atomic mass is 10.00. The number of para-hydroxylation sites is 1. The van der Waals surface area contributed by atoms with E-state index >= 15 is 0 Å². The minimum Gasteiger partial charge on any atom is -0.382 e. The Morgan fingerprint density at radius 3 is 2.50 bits per heavy atom. The number of nitrogen functional groups attached to an aromatic ring is 1. The summed E-state index contributed by atoms with van der Waals surface area (Å²) in [7, 11) is 0. The number of nitrogens with zero attached hydrogens (tertiary/aromatic N) is 2. The van der Waals surface area contributed by atoms with Gasteiger partial charge in [0.05, 0.1) is 11.4 Å². The van der Waals surface area contributed by atoms with Crippen LogP contribution in [0.2, 0.25) is 0 Å². The van der Waals surface area contributed by atoms with Crippen LogP contribution < -0.4 is 5.73 Å². The van der Waals surface area contributed by atoms with Gasteiger partial charge in [-0.25, -0.2) is 4.68 Å². The Labute approximate surface area is 131 Å². The molecule has 0 fully saturated rings. The van der Waals surface area contributed by atoms with Gasteiger partial charge in [-0.3, -0.25) is 0 Å². The van der Waals surface area contributed by atoms with Crippen molar-refractivity contribution in [2.24, 2.45) is 5.92 Å². The van der Waals surface area contributed by atoms with Gasteiger partial charge < -0.3 is 5.73 Å². The molecule has 2 aromatic carbocycles. The average molecular weight is 291 g/mol. The lowest BCUT2D eigenvalue weighted by Gasteiger charge is -2.10. The van der Waals surface area contributed by atoms with Crippen molar-refractivity contribution in [1.82, 2.24) is 9.78 Å². The molecule has 3 aromatic rings. The third kappa shape index (κ3) is 3.03. The van der Waals surface area contributed by atoms with Gasteiger partial charge in [-0.1, -0.05) is 50.2 Å². The van der Waals surface area contributed by atoms with Gasteiger partial charge in [-0.2, -0.15) is 5.10 Å². The molecule has 2 N–H and O–H groups in total. The summed E-state index contributed by atoms with van der Waals surface area (Å²) in [5, 5.41) is 4.44. The summed E-state index contributed by atoms with van der Waals surface area (Å²) in [6.45, 7) is 4.47. The largest absolute Gasteiger partial charge is 0.382 e. The number of hydrogen-bond acceptors (Lipinski definition) is 2. The van der Waals surface area contributed by atoms with Crippen molar-refractivity contribution < 1.29 is 0 Å². The molecule has 0 amide bonds. The van der Waals surface area contributed by atoms with Gasteiger partial charge in [-0.05, 0) is 36.1 Å². The first-order chi connectivity index (χ1) is 10.6. The van der Waals surface area contributed by atoms with Crippen LogP contribution in [0.4, 0.5) is 5.82 Å². The zero-order valence-corrected chi connectivity index (χ0v) is 13.0. The zero-order chi connectivity index (χ0) is 15.5. The quantitative estimate of drug-likeness (QED) is 0.778. The highest BCUT2D eigenvalue weighted by Crippen LogP contribution is 2.26. The van der Waals surface area contributed by atoms with E-state index in [0.717, 1.165) is 23.4 Å². The van der Waals surface area contributed by atoms with Crippen LogP contribution >= 0.6 is 0 Å². The van der Waals surface area contributed by atoms with Crippen molar-refractivity contribution in [3.05, 3.63) is 66.2 Å². The van der Waals surface area contributed by atoms with Crippen LogP contribution in [0.5, 0.6) is 0 Å². The summed E-state index contributed by atoms with van der Waals surface area (Å²) in [6, 6.07) is 20.6. The second-order valence-corrected chi connectivity index (χ2v) is 6.00. The predicted octanol–water partition coefficient (Wildman–Crippen LogP) is 4.32. The molecule has 112 valence electrons. The van der Waals surface area contributed by atoms with Crippen molar-refractivity contribution in [3.8, 4) is 16.9 Å². The fourth-order valence-corrected chi connectivity index (χ4v) is 2.70. The molecule has 0 atom stereocenters. The number of hydrogen-bond donors (Lipinski definition) is 1. The molecule has 22 heavy (non-hydrogen) atoms. The standard InChI is InChI=1S/C19H21N3/c1-14(2)11-15-7-6-8-16(12-15)18-13-19(20)21-22(18)17-9-4-3-5-10-17/h3-10,12-14H,11H2,1-2H3,(H2,20,21). The lowest BCUT2D eigenvalue weighted by molar-refractivity contribution is 0.647. The molecule has 0 saturated carbocycles. The Balaban J connectivity index is 2.06. The van der Waals surface area contributed by atoms with Crippen molar-refractivity contribution in [3.63, 3.8) is 0 Å². The third-order valence-corrected chi connectivity index (χ3v) is 3.60. The molecule has 0 aliphatic rings. The molecule has 1 aromatic heterocycles. The Morgan fingerprint density at radius 1 is 1.00 bits per heavy atom. The fourth-order valence-electron chi connectivity index (χ4n) is 2.70. The fraction of sp³-hybridized carbons (Fsp3) is 0.211. The molecule has 0 aliphatic carbocycles. The molecule has 0 unspecified atom stereocenters. The zero-order valence-electron chi connectivity index (χ0n) is 13.0. The van der Waals surface area contributed by atoms with E-state index in [-0.39, 0.29) is 0 Å². The molecule has 0 radical (unpaired) electrons. The van der Waals surface area contributed by atoms with Crippen LogP contribution in [0.15, 0.2) is 60.7 Å². The highest BCUT2D eigenvalue weighted by Gasteiger charge is 2.11. The smallest absolute Gasteiger partial charge is 0.146 e. The van der Waals surface area contributed by atoms with Gasteiger partial charge in [0.15, 0.2) is 0 Å². The molecule has 3 nitrogen and oxygen atoms in total. The minimum absolute atomic E-state index is 0.535. The van der Waals surface area contributed by atoms with Gasteiger partial charge >= 0.3 is 0 Å². The van der Waals surface area contributed by atoms with Crippen LogP contribution in [0.3, 0.4) is 0 Å². The van der Waals surface area contributed by atoms with Gasteiger partial charge in [0.25, 0.3) is 0 Å². The average Bonchev–Trinajstić information content (AvgIpc) is 2.90. The summed E-state index contributed by atoms with van der Waals surface area (Å²) in [4.78, 5) is 0. The summed E-state index contributed by atoms with van der Waals surface area (Å²) in [6.07, 6.45) is 1.07. The number of benzene rings is 2. The van der Waals surface area contributed by atoms with E-state index in [1.165, 1.54) is 5.56 Å². The van der Waals surface area contributed by atoms with E-state index in [2.05, 4.69) is 43.2 Å². The van der Waals surface area contributed by atoms with Crippen molar-refractivity contribution in [2.45, 2.75) is 20.3 Å². The monoisotopic (exact) mass is 291 g/mol. The second kappa shape index (κ2) is 6.06. The van der Waals surface area contributed by atoms with Crippen molar-refractivity contribution in [1.29, 1.82) is 0 Å². The highest BCUT2D eigenvalue weighted by atomic mass is 15.3. The Morgan fingerprint density at radius 2 is 1.77 bits per heavy atom. The SMILES string of the molecule is CC(C)Cc1cccc(-c2cc(N)nn2-c2ccccc2)c1. The third-order valence-electron chi connectivity index (χ3n) is 3.60. The van der Waals surface area contributed by atoms with Crippen LogP contribution in [-0.2, 0) is 6.42 Å². The van der Waals surface area contributed by atoms with E-state index in [4.69, 9.17) is 5.73 Å². The molecule has 0 saturated heterocycles. The number of aromatic nitrogens is 2. The van der Waals surface area contributed by atoms with Crippen molar-refractivity contribution in [2.75, 3.05) is 5.73 Å². The van der Waals surface area contributed by atoms with Gasteiger partial charge in [0.1, 0.15) is 5.82 Å². The molecular formula is C19H21N3. The van der Waals surface area contributed by atoms with Crippen LogP contribution in [0.25, 0.3) is 16.9 Å².